The quantitative estimate of drug-likeness (QED) is 0.492. The van der Waals surface area contributed by atoms with Gasteiger partial charge in [-0.05, 0) is 25.6 Å². The van der Waals surface area contributed by atoms with Gasteiger partial charge in [-0.2, -0.15) is 5.26 Å². The molecule has 0 spiro atoms. The number of carbonyl (C=O) groups excluding carboxylic acids is 1. The number of esters is 1. The number of rotatable bonds is 7. The van der Waals surface area contributed by atoms with Crippen LogP contribution < -0.4 is 9.47 Å². The molecule has 158 valence electrons. The van der Waals surface area contributed by atoms with Crippen molar-refractivity contribution < 1.29 is 19.0 Å². The van der Waals surface area contributed by atoms with Gasteiger partial charge in [0.2, 0.25) is 0 Å². The molecule has 1 aromatic heterocycles. The number of benzene rings is 1. The summed E-state index contributed by atoms with van der Waals surface area (Å²) in [6.45, 7) is 3.64. The number of methoxy groups -OCH3 is 2. The van der Waals surface area contributed by atoms with E-state index in [1.165, 1.54) is 11.8 Å². The van der Waals surface area contributed by atoms with Crippen LogP contribution in [0.25, 0.3) is 11.1 Å². The van der Waals surface area contributed by atoms with Crippen LogP contribution in [-0.2, 0) is 22.5 Å². The zero-order valence-electron chi connectivity index (χ0n) is 17.7. The second-order valence-corrected chi connectivity index (χ2v) is 7.79. The summed E-state index contributed by atoms with van der Waals surface area (Å²) in [5.41, 5.74) is 3.95. The first-order valence-corrected chi connectivity index (χ1v) is 10.7. The van der Waals surface area contributed by atoms with E-state index in [4.69, 9.17) is 19.2 Å². The molecular weight excluding hydrogens is 402 g/mol. The second-order valence-electron chi connectivity index (χ2n) is 6.83. The summed E-state index contributed by atoms with van der Waals surface area (Å²) in [5.74, 6) is 0.933. The first-order valence-electron chi connectivity index (χ1n) is 9.68. The molecule has 7 nitrogen and oxygen atoms in total. The molecule has 1 aliphatic rings. The van der Waals surface area contributed by atoms with Gasteiger partial charge in [-0.3, -0.25) is 4.79 Å². The molecule has 1 aliphatic heterocycles. The first kappa shape index (κ1) is 21.9. The lowest BCUT2D eigenvalue weighted by Crippen LogP contribution is -2.28. The fourth-order valence-corrected chi connectivity index (χ4v) is 4.39. The van der Waals surface area contributed by atoms with Crippen LogP contribution in [0.4, 0.5) is 0 Å². The van der Waals surface area contributed by atoms with Crippen LogP contribution in [-0.4, -0.2) is 56.0 Å². The Labute approximate surface area is 180 Å². The van der Waals surface area contributed by atoms with Crippen molar-refractivity contribution in [3.63, 3.8) is 0 Å². The number of likely N-dealkylation sites (N-methyl/N-ethyl adjacent to an activating group) is 1. The van der Waals surface area contributed by atoms with Gasteiger partial charge in [0, 0.05) is 36.3 Å². The van der Waals surface area contributed by atoms with Gasteiger partial charge >= 0.3 is 5.97 Å². The monoisotopic (exact) mass is 427 g/mol. The molecule has 0 saturated heterocycles. The lowest BCUT2D eigenvalue weighted by Gasteiger charge is -2.28. The second kappa shape index (κ2) is 9.83. The average molecular weight is 428 g/mol. The van der Waals surface area contributed by atoms with Gasteiger partial charge in [0.05, 0.1) is 32.1 Å². The van der Waals surface area contributed by atoms with Crippen molar-refractivity contribution >= 4 is 17.7 Å². The standard InChI is InChI=1S/C22H25N3O4S/c1-5-29-19(26)13-30-22-15(11-23)20(16-12-25(2)10-9-17(16)24-22)14-7-6-8-18(27-3)21(14)28-4/h6-8H,5,9-10,12-13H2,1-4H3. The van der Waals surface area contributed by atoms with E-state index < -0.39 is 0 Å². The fourth-order valence-electron chi connectivity index (χ4n) is 3.59. The van der Waals surface area contributed by atoms with E-state index in [1.807, 2.05) is 25.2 Å². The summed E-state index contributed by atoms with van der Waals surface area (Å²) < 4.78 is 16.2. The van der Waals surface area contributed by atoms with Crippen LogP contribution in [0.1, 0.15) is 23.7 Å². The lowest BCUT2D eigenvalue weighted by atomic mass is 9.91. The van der Waals surface area contributed by atoms with Crippen molar-refractivity contribution in [3.05, 3.63) is 35.0 Å². The van der Waals surface area contributed by atoms with Gasteiger partial charge in [-0.25, -0.2) is 4.98 Å². The molecule has 0 fully saturated rings. The zero-order valence-corrected chi connectivity index (χ0v) is 18.5. The maximum atomic E-state index is 11.9. The van der Waals surface area contributed by atoms with Crippen LogP contribution in [0.15, 0.2) is 23.2 Å². The molecule has 0 bridgehead atoms. The highest BCUT2D eigenvalue weighted by Crippen LogP contribution is 2.44. The summed E-state index contributed by atoms with van der Waals surface area (Å²) >= 11 is 1.23. The Kier molecular flexibility index (Phi) is 7.19. The highest BCUT2D eigenvalue weighted by Gasteiger charge is 2.27. The van der Waals surface area contributed by atoms with Gasteiger partial charge in [-0.1, -0.05) is 23.9 Å². The Balaban J connectivity index is 2.21. The Hall–Kier alpha value is -2.76. The van der Waals surface area contributed by atoms with Gasteiger partial charge in [0.1, 0.15) is 11.1 Å². The van der Waals surface area contributed by atoms with Crippen LogP contribution in [0, 0.1) is 11.3 Å². The molecule has 30 heavy (non-hydrogen) atoms. The number of nitrogens with zero attached hydrogens (tertiary/aromatic N) is 3. The van der Waals surface area contributed by atoms with E-state index in [2.05, 4.69) is 11.0 Å². The summed E-state index contributed by atoms with van der Waals surface area (Å²) in [6.07, 6.45) is 0.768. The molecule has 0 saturated carbocycles. The van der Waals surface area contributed by atoms with Gasteiger partial charge in [0.25, 0.3) is 0 Å². The van der Waals surface area contributed by atoms with Crippen molar-refractivity contribution in [3.8, 4) is 28.7 Å². The number of hydrogen-bond acceptors (Lipinski definition) is 8. The van der Waals surface area contributed by atoms with Gasteiger partial charge in [-0.15, -0.1) is 0 Å². The smallest absolute Gasteiger partial charge is 0.316 e. The molecule has 3 rings (SSSR count). The van der Waals surface area contributed by atoms with Crippen molar-refractivity contribution in [1.29, 1.82) is 5.26 Å². The largest absolute Gasteiger partial charge is 0.493 e. The third-order valence-corrected chi connectivity index (χ3v) is 5.87. The molecule has 0 unspecified atom stereocenters. The Morgan fingerprint density at radius 3 is 2.80 bits per heavy atom. The molecule has 0 amide bonds. The molecule has 2 heterocycles. The third-order valence-electron chi connectivity index (χ3n) is 4.93. The minimum atomic E-state index is -0.328. The van der Waals surface area contributed by atoms with E-state index in [0.29, 0.717) is 35.2 Å². The number of aromatic nitrogens is 1. The fraction of sp³-hybridized carbons (Fsp3) is 0.409. The third kappa shape index (κ3) is 4.37. The summed E-state index contributed by atoms with van der Waals surface area (Å²) in [4.78, 5) is 18.9. The highest BCUT2D eigenvalue weighted by molar-refractivity contribution is 7.99. The number of nitriles is 1. The van der Waals surface area contributed by atoms with E-state index >= 15 is 0 Å². The molecule has 8 heteroatoms. The first-order chi connectivity index (χ1) is 14.5. The van der Waals surface area contributed by atoms with Crippen LogP contribution in [0.3, 0.4) is 0 Å². The van der Waals surface area contributed by atoms with Crippen molar-refractivity contribution in [2.75, 3.05) is 40.2 Å². The summed E-state index contributed by atoms with van der Waals surface area (Å²) in [7, 11) is 5.22. The van der Waals surface area contributed by atoms with E-state index in [1.54, 1.807) is 21.1 Å². The summed E-state index contributed by atoms with van der Waals surface area (Å²) in [5, 5.41) is 10.6. The number of hydrogen-bond donors (Lipinski definition) is 0. The van der Waals surface area contributed by atoms with Crippen molar-refractivity contribution in [2.24, 2.45) is 0 Å². The molecular formula is C22H25N3O4S. The molecule has 1 aromatic carbocycles. The van der Waals surface area contributed by atoms with Gasteiger partial charge < -0.3 is 19.1 Å². The van der Waals surface area contributed by atoms with Crippen LogP contribution >= 0.6 is 11.8 Å². The molecule has 0 N–H and O–H groups in total. The molecule has 2 aromatic rings. The highest BCUT2D eigenvalue weighted by atomic mass is 32.2. The number of carbonyl (C=O) groups is 1. The Morgan fingerprint density at radius 2 is 2.13 bits per heavy atom. The SMILES string of the molecule is CCOC(=O)CSc1nc2c(c(-c3cccc(OC)c3OC)c1C#N)CN(C)CC2. The number of pyridine rings is 1. The number of para-hydroxylation sites is 1. The molecule has 0 aliphatic carbocycles. The van der Waals surface area contributed by atoms with E-state index in [9.17, 15) is 10.1 Å². The Bertz CT molecular complexity index is 987. The normalized spacial score (nSPS) is 13.3. The van der Waals surface area contributed by atoms with Crippen LogP contribution in [0.2, 0.25) is 0 Å². The molecule has 0 radical (unpaired) electrons. The topological polar surface area (TPSA) is 84.7 Å². The minimum Gasteiger partial charge on any atom is -0.493 e. The maximum absolute atomic E-state index is 11.9. The number of thioether (sulfide) groups is 1. The maximum Gasteiger partial charge on any atom is 0.316 e. The zero-order chi connectivity index (χ0) is 21.7. The Morgan fingerprint density at radius 1 is 1.33 bits per heavy atom. The van der Waals surface area contributed by atoms with Crippen molar-refractivity contribution in [2.45, 2.75) is 24.9 Å². The lowest BCUT2D eigenvalue weighted by molar-refractivity contribution is -0.139. The van der Waals surface area contributed by atoms with Crippen LogP contribution in [0.5, 0.6) is 11.5 Å². The summed E-state index contributed by atoms with van der Waals surface area (Å²) in [6, 6.07) is 7.95. The van der Waals surface area contributed by atoms with Crippen molar-refractivity contribution in [1.82, 2.24) is 9.88 Å². The minimum absolute atomic E-state index is 0.100. The average Bonchev–Trinajstić information content (AvgIpc) is 2.76. The molecule has 0 atom stereocenters. The predicted molar refractivity (Wildman–Crippen MR) is 115 cm³/mol. The van der Waals surface area contributed by atoms with E-state index in [0.717, 1.165) is 35.3 Å². The van der Waals surface area contributed by atoms with Gasteiger partial charge in [0.15, 0.2) is 11.5 Å². The number of ether oxygens (including phenoxy) is 3. The van der Waals surface area contributed by atoms with E-state index in [-0.39, 0.29) is 11.7 Å². The predicted octanol–water partition coefficient (Wildman–Crippen LogP) is 3.28. The number of fused-ring (bicyclic) bond motifs is 1.